The van der Waals surface area contributed by atoms with Gasteiger partial charge in [0.1, 0.15) is 11.5 Å². The van der Waals surface area contributed by atoms with Crippen LogP contribution in [0.15, 0.2) is 54.9 Å². The fourth-order valence-electron chi connectivity index (χ4n) is 3.46. The van der Waals surface area contributed by atoms with E-state index in [9.17, 15) is 22.8 Å². The number of carbonyl (C=O) groups excluding carboxylic acids is 2. The average molecular weight is 466 g/mol. The van der Waals surface area contributed by atoms with Gasteiger partial charge >= 0.3 is 6.18 Å². The Morgan fingerprint density at radius 2 is 1.82 bits per heavy atom. The molecule has 0 spiro atoms. The number of anilines is 2. The van der Waals surface area contributed by atoms with Gasteiger partial charge in [-0.2, -0.15) is 18.3 Å². The number of pyridine rings is 2. The first-order valence-corrected chi connectivity index (χ1v) is 10.4. The minimum Gasteiger partial charge on any atom is -0.324 e. The summed E-state index contributed by atoms with van der Waals surface area (Å²) in [4.78, 5) is 32.5. The molecule has 3 N–H and O–H groups in total. The van der Waals surface area contributed by atoms with E-state index in [1.165, 1.54) is 6.07 Å². The molecule has 0 unspecified atom stereocenters. The van der Waals surface area contributed by atoms with Crippen molar-refractivity contribution in [2.24, 2.45) is 5.92 Å². The number of amides is 2. The number of nitrogens with one attached hydrogen (secondary N) is 3. The number of hydrogen-bond donors (Lipinski definition) is 3. The van der Waals surface area contributed by atoms with E-state index < -0.39 is 17.8 Å². The van der Waals surface area contributed by atoms with E-state index in [2.05, 4.69) is 30.8 Å². The lowest BCUT2D eigenvalue weighted by atomic mass is 10.0. The number of nitrogens with zero attached hydrogens (tertiary/aromatic N) is 3. The van der Waals surface area contributed by atoms with E-state index in [4.69, 9.17) is 0 Å². The van der Waals surface area contributed by atoms with E-state index in [-0.39, 0.29) is 23.3 Å². The van der Waals surface area contributed by atoms with Gasteiger partial charge < -0.3 is 10.6 Å². The monoisotopic (exact) mass is 466 g/mol. The smallest absolute Gasteiger partial charge is 0.324 e. The third-order valence-electron chi connectivity index (χ3n) is 5.35. The molecular formula is C23H17F3N6O2. The molecule has 11 heteroatoms. The summed E-state index contributed by atoms with van der Waals surface area (Å²) >= 11 is 0. The zero-order valence-electron chi connectivity index (χ0n) is 17.5. The highest BCUT2D eigenvalue weighted by Crippen LogP contribution is 2.32. The summed E-state index contributed by atoms with van der Waals surface area (Å²) in [5.41, 5.74) is 1.45. The molecule has 0 bridgehead atoms. The van der Waals surface area contributed by atoms with E-state index in [0.29, 0.717) is 22.2 Å². The van der Waals surface area contributed by atoms with E-state index in [1.807, 2.05) is 0 Å². The topological polar surface area (TPSA) is 113 Å². The Labute approximate surface area is 190 Å². The molecule has 1 aliphatic carbocycles. The van der Waals surface area contributed by atoms with Gasteiger partial charge in [0.05, 0.1) is 17.4 Å². The summed E-state index contributed by atoms with van der Waals surface area (Å²) in [5.74, 6) is -0.932. The number of H-pyrrole nitrogens is 1. The highest BCUT2D eigenvalue weighted by molar-refractivity contribution is 6.11. The summed E-state index contributed by atoms with van der Waals surface area (Å²) in [6.45, 7) is 0. The van der Waals surface area contributed by atoms with Gasteiger partial charge in [-0.15, -0.1) is 0 Å². The Bertz CT molecular complexity index is 1410. The van der Waals surface area contributed by atoms with E-state index >= 15 is 0 Å². The first-order valence-electron chi connectivity index (χ1n) is 10.4. The summed E-state index contributed by atoms with van der Waals surface area (Å²) in [6, 6.07) is 10.3. The number of aromatic amines is 1. The van der Waals surface area contributed by atoms with Crippen LogP contribution in [0, 0.1) is 5.92 Å². The van der Waals surface area contributed by atoms with Crippen LogP contribution in [0.4, 0.5) is 24.7 Å². The number of halogens is 3. The van der Waals surface area contributed by atoms with Gasteiger partial charge in [0.25, 0.3) is 5.91 Å². The van der Waals surface area contributed by atoms with Crippen molar-refractivity contribution in [1.29, 1.82) is 0 Å². The predicted molar refractivity (Wildman–Crippen MR) is 118 cm³/mol. The SMILES string of the molecule is O=C(Nc1cccc(C(F)(F)F)n1)c1n[nH]c2ccc(-c3cncc(NC(=O)C4CC4)c3)cc12. The molecule has 0 atom stereocenters. The van der Waals surface area contributed by atoms with Gasteiger partial charge in [0.2, 0.25) is 5.91 Å². The van der Waals surface area contributed by atoms with Crippen LogP contribution in [-0.2, 0) is 11.0 Å². The predicted octanol–water partition coefficient (Wildman–Crippen LogP) is 4.64. The van der Waals surface area contributed by atoms with E-state index in [0.717, 1.165) is 30.5 Å². The zero-order chi connectivity index (χ0) is 23.9. The Balaban J connectivity index is 1.41. The van der Waals surface area contributed by atoms with Crippen molar-refractivity contribution >= 4 is 34.2 Å². The van der Waals surface area contributed by atoms with Crippen molar-refractivity contribution in [2.45, 2.75) is 19.0 Å². The van der Waals surface area contributed by atoms with Crippen LogP contribution < -0.4 is 10.6 Å². The molecule has 1 saturated carbocycles. The lowest BCUT2D eigenvalue weighted by Gasteiger charge is -2.08. The van der Waals surface area contributed by atoms with Crippen molar-refractivity contribution in [3.63, 3.8) is 0 Å². The van der Waals surface area contributed by atoms with Crippen LogP contribution in [0.1, 0.15) is 29.0 Å². The average Bonchev–Trinajstić information content (AvgIpc) is 3.58. The molecule has 34 heavy (non-hydrogen) atoms. The minimum absolute atomic E-state index is 0.00205. The second-order valence-electron chi connectivity index (χ2n) is 7.92. The van der Waals surface area contributed by atoms with Crippen LogP contribution in [0.5, 0.6) is 0 Å². The number of rotatable bonds is 5. The Hall–Kier alpha value is -4.28. The molecule has 172 valence electrons. The first-order chi connectivity index (χ1) is 16.3. The largest absolute Gasteiger partial charge is 0.433 e. The lowest BCUT2D eigenvalue weighted by Crippen LogP contribution is -2.16. The lowest BCUT2D eigenvalue weighted by molar-refractivity contribution is -0.141. The standard InChI is InChI=1S/C23H17F3N6O2/c24-23(25,26)18-2-1-3-19(29-18)30-22(34)20-16-9-13(6-7-17(16)31-32-20)14-8-15(11-27-10-14)28-21(33)12-4-5-12/h1-3,6-12H,4-5H2,(H,28,33)(H,31,32)(H,29,30,34). The molecule has 1 aromatic carbocycles. The molecule has 2 amide bonds. The van der Waals surface area contributed by atoms with Gasteiger partial charge in [-0.3, -0.25) is 19.7 Å². The van der Waals surface area contributed by atoms with E-state index in [1.54, 1.807) is 36.7 Å². The minimum atomic E-state index is -4.63. The number of carbonyl (C=O) groups is 2. The molecule has 4 aromatic rings. The third kappa shape index (κ3) is 4.45. The normalized spacial score (nSPS) is 13.6. The molecule has 0 aliphatic heterocycles. The zero-order valence-corrected chi connectivity index (χ0v) is 17.5. The second-order valence-corrected chi connectivity index (χ2v) is 7.92. The van der Waals surface area contributed by atoms with Crippen molar-refractivity contribution < 1.29 is 22.8 Å². The van der Waals surface area contributed by atoms with Crippen molar-refractivity contribution in [2.75, 3.05) is 10.6 Å². The molecule has 5 rings (SSSR count). The molecule has 1 aliphatic rings. The third-order valence-corrected chi connectivity index (χ3v) is 5.35. The number of alkyl halides is 3. The first kappa shape index (κ1) is 21.6. The molecule has 3 aromatic heterocycles. The van der Waals surface area contributed by atoms with Crippen molar-refractivity contribution in [3.05, 3.63) is 66.2 Å². The highest BCUT2D eigenvalue weighted by Gasteiger charge is 2.32. The summed E-state index contributed by atoms with van der Waals surface area (Å²) < 4.78 is 38.7. The van der Waals surface area contributed by atoms with Crippen LogP contribution in [-0.4, -0.2) is 32.0 Å². The number of hydrogen-bond acceptors (Lipinski definition) is 5. The van der Waals surface area contributed by atoms with Crippen LogP contribution in [0.3, 0.4) is 0 Å². The highest BCUT2D eigenvalue weighted by atomic mass is 19.4. The Morgan fingerprint density at radius 1 is 1.00 bits per heavy atom. The molecule has 3 heterocycles. The Kier molecular flexibility index (Phi) is 5.23. The summed E-state index contributed by atoms with van der Waals surface area (Å²) in [5, 5.41) is 12.4. The van der Waals surface area contributed by atoms with Crippen LogP contribution in [0.25, 0.3) is 22.0 Å². The van der Waals surface area contributed by atoms with Crippen LogP contribution >= 0.6 is 0 Å². The maximum absolute atomic E-state index is 12.9. The maximum atomic E-state index is 12.9. The molecule has 1 fully saturated rings. The van der Waals surface area contributed by atoms with Crippen LogP contribution in [0.2, 0.25) is 0 Å². The van der Waals surface area contributed by atoms with Gasteiger partial charge in [0.15, 0.2) is 5.69 Å². The number of aromatic nitrogens is 4. The summed E-state index contributed by atoms with van der Waals surface area (Å²) in [6.07, 6.45) is 0.324. The van der Waals surface area contributed by atoms with Gasteiger partial charge in [-0.25, -0.2) is 4.98 Å². The number of fused-ring (bicyclic) bond motifs is 1. The second kappa shape index (κ2) is 8.25. The Morgan fingerprint density at radius 3 is 2.59 bits per heavy atom. The fraction of sp³-hybridized carbons (Fsp3) is 0.174. The molecule has 8 nitrogen and oxygen atoms in total. The summed E-state index contributed by atoms with van der Waals surface area (Å²) in [7, 11) is 0. The van der Waals surface area contributed by atoms with Crippen molar-refractivity contribution in [3.8, 4) is 11.1 Å². The molecular weight excluding hydrogens is 449 g/mol. The maximum Gasteiger partial charge on any atom is 0.433 e. The molecule has 0 radical (unpaired) electrons. The van der Waals surface area contributed by atoms with Gasteiger partial charge in [-0.05, 0) is 48.7 Å². The fourth-order valence-corrected chi connectivity index (χ4v) is 3.46. The van der Waals surface area contributed by atoms with Gasteiger partial charge in [-0.1, -0.05) is 12.1 Å². The van der Waals surface area contributed by atoms with Crippen molar-refractivity contribution in [1.82, 2.24) is 20.2 Å². The van der Waals surface area contributed by atoms with Gasteiger partial charge in [0, 0.05) is 23.1 Å². The quantitative estimate of drug-likeness (QED) is 0.397. The molecule has 0 saturated heterocycles. The number of benzene rings is 1.